The first kappa shape index (κ1) is 28.1. The van der Waals surface area contributed by atoms with Gasteiger partial charge in [-0.05, 0) is 80.4 Å². The van der Waals surface area contributed by atoms with E-state index in [1.54, 1.807) is 42.5 Å². The Morgan fingerprint density at radius 1 is 0.951 bits per heavy atom. The summed E-state index contributed by atoms with van der Waals surface area (Å²) in [5.41, 5.74) is 1.23. The van der Waals surface area contributed by atoms with Crippen molar-refractivity contribution in [3.05, 3.63) is 83.2 Å². The highest BCUT2D eigenvalue weighted by atomic mass is 32.1. The Balaban J connectivity index is 1.69. The van der Waals surface area contributed by atoms with Gasteiger partial charge < -0.3 is 19.3 Å². The number of ketones is 1. The van der Waals surface area contributed by atoms with Crippen LogP contribution in [-0.4, -0.2) is 41.6 Å². The van der Waals surface area contributed by atoms with Gasteiger partial charge >= 0.3 is 5.91 Å². The minimum Gasteiger partial charge on any atom is -0.507 e. The summed E-state index contributed by atoms with van der Waals surface area (Å²) in [6.45, 7) is 7.02. The van der Waals surface area contributed by atoms with Gasteiger partial charge in [-0.15, -0.1) is 0 Å². The van der Waals surface area contributed by atoms with Crippen molar-refractivity contribution >= 4 is 44.1 Å². The summed E-state index contributed by atoms with van der Waals surface area (Å²) in [5, 5.41) is 11.7. The molecule has 0 bridgehead atoms. The summed E-state index contributed by atoms with van der Waals surface area (Å²) in [7, 11) is 0. The highest BCUT2D eigenvalue weighted by Crippen LogP contribution is 2.46. The van der Waals surface area contributed by atoms with Crippen LogP contribution < -0.4 is 19.1 Å². The lowest BCUT2D eigenvalue weighted by molar-refractivity contribution is -0.132. The molecule has 1 aromatic heterocycles. The number of halogens is 1. The second-order valence-corrected chi connectivity index (χ2v) is 10.2. The number of thiazole rings is 1. The average molecular weight is 577 g/mol. The molecule has 0 saturated carbocycles. The third-order valence-electron chi connectivity index (χ3n) is 6.47. The number of aromatic nitrogens is 1. The molecule has 5 rings (SSSR count). The molecule has 1 N–H and O–H groups in total. The Labute approximate surface area is 240 Å². The van der Waals surface area contributed by atoms with E-state index in [4.69, 9.17) is 14.2 Å². The number of fused-ring (bicyclic) bond motifs is 1. The van der Waals surface area contributed by atoms with Gasteiger partial charge in [0.25, 0.3) is 5.78 Å². The van der Waals surface area contributed by atoms with Crippen molar-refractivity contribution < 1.29 is 33.3 Å². The van der Waals surface area contributed by atoms with E-state index >= 15 is 0 Å². The largest absolute Gasteiger partial charge is 0.507 e. The number of aliphatic hydroxyl groups excluding tert-OH is 1. The summed E-state index contributed by atoms with van der Waals surface area (Å²) < 4.78 is 31.7. The number of hydrogen-bond donors (Lipinski definition) is 1. The number of hydrogen-bond acceptors (Lipinski definition) is 8. The van der Waals surface area contributed by atoms with E-state index in [0.29, 0.717) is 58.4 Å². The van der Waals surface area contributed by atoms with Crippen LogP contribution in [0.5, 0.6) is 17.2 Å². The summed E-state index contributed by atoms with van der Waals surface area (Å²) in [6, 6.07) is 14.9. The molecule has 1 aliphatic heterocycles. The molecular formula is C31H29FN2O6S. The fourth-order valence-electron chi connectivity index (χ4n) is 4.66. The molecular weight excluding hydrogens is 547 g/mol. The molecule has 4 aromatic rings. The lowest BCUT2D eigenvalue weighted by atomic mass is 9.95. The number of aliphatic hydroxyl groups is 1. The lowest BCUT2D eigenvalue weighted by Gasteiger charge is -2.24. The van der Waals surface area contributed by atoms with Crippen LogP contribution in [0.1, 0.15) is 44.4 Å². The Morgan fingerprint density at radius 2 is 1.71 bits per heavy atom. The van der Waals surface area contributed by atoms with Gasteiger partial charge in [0, 0.05) is 5.56 Å². The predicted octanol–water partition coefficient (Wildman–Crippen LogP) is 6.65. The van der Waals surface area contributed by atoms with Crippen molar-refractivity contribution in [2.75, 3.05) is 24.7 Å². The lowest BCUT2D eigenvalue weighted by Crippen LogP contribution is -2.29. The van der Waals surface area contributed by atoms with E-state index in [1.165, 1.54) is 23.1 Å². The Morgan fingerprint density at radius 3 is 2.41 bits per heavy atom. The Bertz CT molecular complexity index is 1630. The SMILES string of the molecule is CCCOc1ccc(C2/C(=C(\O)c3ccc(OCC)cc3)C(=O)C(=O)N2c2nc3ccc(F)cc3s2)cc1OCC. The number of rotatable bonds is 10. The smallest absolute Gasteiger partial charge is 0.301 e. The Hall–Kier alpha value is -4.44. The predicted molar refractivity (Wildman–Crippen MR) is 155 cm³/mol. The first-order valence-electron chi connectivity index (χ1n) is 13.4. The summed E-state index contributed by atoms with van der Waals surface area (Å²) in [5.74, 6) is -0.928. The Kier molecular flexibility index (Phi) is 8.21. The molecule has 8 nitrogen and oxygen atoms in total. The zero-order valence-electron chi connectivity index (χ0n) is 22.8. The molecule has 1 amide bonds. The van der Waals surface area contributed by atoms with Crippen LogP contribution in [0, 0.1) is 5.82 Å². The van der Waals surface area contributed by atoms with Gasteiger partial charge in [-0.25, -0.2) is 9.37 Å². The third-order valence-corrected chi connectivity index (χ3v) is 7.49. The van der Waals surface area contributed by atoms with Gasteiger partial charge in [-0.3, -0.25) is 14.5 Å². The fourth-order valence-corrected chi connectivity index (χ4v) is 5.68. The quantitative estimate of drug-likeness (QED) is 0.128. The van der Waals surface area contributed by atoms with E-state index in [-0.39, 0.29) is 16.5 Å². The molecule has 1 aliphatic rings. The fraction of sp³-hybridized carbons (Fsp3) is 0.258. The number of anilines is 1. The number of nitrogens with zero attached hydrogens (tertiary/aromatic N) is 2. The van der Waals surface area contributed by atoms with Crippen LogP contribution in [0.25, 0.3) is 16.0 Å². The first-order valence-corrected chi connectivity index (χ1v) is 14.2. The zero-order valence-corrected chi connectivity index (χ0v) is 23.7. The van der Waals surface area contributed by atoms with Crippen molar-refractivity contribution in [1.82, 2.24) is 4.98 Å². The molecule has 10 heteroatoms. The molecule has 0 radical (unpaired) electrons. The minimum atomic E-state index is -1.04. The van der Waals surface area contributed by atoms with E-state index in [2.05, 4.69) is 4.98 Å². The molecule has 3 aromatic carbocycles. The number of carbonyl (C=O) groups is 2. The van der Waals surface area contributed by atoms with Crippen LogP contribution in [0.4, 0.5) is 9.52 Å². The maximum absolute atomic E-state index is 13.9. The number of ether oxygens (including phenoxy) is 3. The van der Waals surface area contributed by atoms with Crippen molar-refractivity contribution in [1.29, 1.82) is 0 Å². The average Bonchev–Trinajstić information content (AvgIpc) is 3.50. The van der Waals surface area contributed by atoms with Crippen LogP contribution in [-0.2, 0) is 9.59 Å². The minimum absolute atomic E-state index is 0.103. The van der Waals surface area contributed by atoms with Gasteiger partial charge in [-0.1, -0.05) is 24.3 Å². The second-order valence-electron chi connectivity index (χ2n) is 9.22. The molecule has 41 heavy (non-hydrogen) atoms. The molecule has 1 unspecified atom stereocenters. The maximum Gasteiger partial charge on any atom is 0.301 e. The second kappa shape index (κ2) is 12.0. The normalized spacial score (nSPS) is 16.4. The van der Waals surface area contributed by atoms with Crippen molar-refractivity contribution in [2.45, 2.75) is 33.2 Å². The standard InChI is InChI=1S/C31H29FN2O6S/c1-4-15-40-23-14-9-19(16-24(23)39-6-3)27-26(28(35)18-7-11-21(12-8-18)38-5-2)29(36)30(37)34(27)31-33-22-13-10-20(32)17-25(22)41-31/h7-14,16-17,27,35H,4-6,15H2,1-3H3/b28-26+. The van der Waals surface area contributed by atoms with Gasteiger partial charge in [0.05, 0.1) is 41.7 Å². The van der Waals surface area contributed by atoms with Gasteiger partial charge in [0.2, 0.25) is 0 Å². The van der Waals surface area contributed by atoms with Gasteiger partial charge in [0.15, 0.2) is 16.6 Å². The molecule has 1 fully saturated rings. The van der Waals surface area contributed by atoms with Crippen LogP contribution in [0.3, 0.4) is 0 Å². The molecule has 0 aliphatic carbocycles. The van der Waals surface area contributed by atoms with Crippen molar-refractivity contribution in [3.63, 3.8) is 0 Å². The third kappa shape index (κ3) is 5.47. The van der Waals surface area contributed by atoms with Crippen molar-refractivity contribution in [2.24, 2.45) is 0 Å². The van der Waals surface area contributed by atoms with Gasteiger partial charge in [0.1, 0.15) is 17.3 Å². The maximum atomic E-state index is 13.9. The number of carbonyl (C=O) groups excluding carboxylic acids is 2. The summed E-state index contributed by atoms with van der Waals surface area (Å²) in [6.07, 6.45) is 0.799. The zero-order chi connectivity index (χ0) is 29.1. The number of amides is 1. The number of benzene rings is 3. The molecule has 212 valence electrons. The highest BCUT2D eigenvalue weighted by Gasteiger charge is 2.48. The van der Waals surface area contributed by atoms with E-state index in [9.17, 15) is 19.1 Å². The molecule has 0 spiro atoms. The first-order chi connectivity index (χ1) is 19.9. The van der Waals surface area contributed by atoms with E-state index < -0.39 is 23.5 Å². The van der Waals surface area contributed by atoms with Crippen LogP contribution in [0.15, 0.2) is 66.2 Å². The van der Waals surface area contributed by atoms with Crippen molar-refractivity contribution in [3.8, 4) is 17.2 Å². The molecule has 1 atom stereocenters. The highest BCUT2D eigenvalue weighted by molar-refractivity contribution is 7.22. The van der Waals surface area contributed by atoms with E-state index in [1.807, 2.05) is 20.8 Å². The molecule has 1 saturated heterocycles. The topological polar surface area (TPSA) is 98.2 Å². The summed E-state index contributed by atoms with van der Waals surface area (Å²) in [4.78, 5) is 33.0. The molecule has 2 heterocycles. The van der Waals surface area contributed by atoms with Crippen LogP contribution >= 0.6 is 11.3 Å². The number of Topliss-reactive ketones (excluding diaryl/α,β-unsaturated/α-hetero) is 1. The van der Waals surface area contributed by atoms with E-state index in [0.717, 1.165) is 17.8 Å². The van der Waals surface area contributed by atoms with Gasteiger partial charge in [-0.2, -0.15) is 0 Å². The monoisotopic (exact) mass is 576 g/mol. The van der Waals surface area contributed by atoms with Crippen LogP contribution in [0.2, 0.25) is 0 Å². The summed E-state index contributed by atoms with van der Waals surface area (Å²) >= 11 is 1.08.